The molecule has 1 aliphatic rings. The first kappa shape index (κ1) is 14.5. The van der Waals surface area contributed by atoms with Gasteiger partial charge in [0.25, 0.3) is 0 Å². The molecule has 2 heteroatoms. The second-order valence-corrected chi connectivity index (χ2v) is 6.98. The van der Waals surface area contributed by atoms with Crippen molar-refractivity contribution in [3.8, 4) is 0 Å². The van der Waals surface area contributed by atoms with Crippen LogP contribution in [0.3, 0.4) is 0 Å². The summed E-state index contributed by atoms with van der Waals surface area (Å²) < 4.78 is 0. The second-order valence-electron chi connectivity index (χ2n) is 6.98. The van der Waals surface area contributed by atoms with E-state index in [0.717, 1.165) is 6.42 Å². The lowest BCUT2D eigenvalue weighted by Crippen LogP contribution is -2.12. The van der Waals surface area contributed by atoms with Crippen LogP contribution < -0.4 is 5.73 Å². The van der Waals surface area contributed by atoms with Crippen LogP contribution in [0.15, 0.2) is 66.9 Å². The molecule has 1 unspecified atom stereocenters. The van der Waals surface area contributed by atoms with Crippen molar-refractivity contribution >= 4 is 27.4 Å². The zero-order chi connectivity index (χ0) is 16.8. The van der Waals surface area contributed by atoms with E-state index in [1.807, 2.05) is 12.3 Å². The third-order valence-corrected chi connectivity index (χ3v) is 5.56. The molecule has 0 radical (unpaired) electrons. The SMILES string of the molecule is Nc1ccc(C2CCCc3ccc4c(ccc5ccccc54)c32)cn1. The average Bonchev–Trinajstić information content (AvgIpc) is 2.67. The molecule has 4 aromatic rings. The van der Waals surface area contributed by atoms with Gasteiger partial charge in [-0.05, 0) is 63.6 Å². The van der Waals surface area contributed by atoms with Gasteiger partial charge in [-0.1, -0.05) is 54.6 Å². The van der Waals surface area contributed by atoms with E-state index in [9.17, 15) is 0 Å². The lowest BCUT2D eigenvalue weighted by Gasteiger charge is -2.28. The summed E-state index contributed by atoms with van der Waals surface area (Å²) in [5.41, 5.74) is 10.0. The molecule has 122 valence electrons. The highest BCUT2D eigenvalue weighted by molar-refractivity contribution is 6.09. The summed E-state index contributed by atoms with van der Waals surface area (Å²) in [5.74, 6) is 0.991. The van der Waals surface area contributed by atoms with Gasteiger partial charge in [0.2, 0.25) is 0 Å². The highest BCUT2D eigenvalue weighted by Gasteiger charge is 2.24. The molecule has 0 saturated heterocycles. The Hall–Kier alpha value is -2.87. The highest BCUT2D eigenvalue weighted by atomic mass is 14.8. The molecule has 1 heterocycles. The Kier molecular flexibility index (Phi) is 3.24. The van der Waals surface area contributed by atoms with E-state index >= 15 is 0 Å². The average molecular weight is 324 g/mol. The Morgan fingerprint density at radius 3 is 2.60 bits per heavy atom. The number of nitrogens with two attached hydrogens (primary N) is 1. The van der Waals surface area contributed by atoms with Gasteiger partial charge in [0.1, 0.15) is 5.82 Å². The topological polar surface area (TPSA) is 38.9 Å². The van der Waals surface area contributed by atoms with Gasteiger partial charge in [-0.25, -0.2) is 4.98 Å². The first-order chi connectivity index (χ1) is 12.3. The van der Waals surface area contributed by atoms with Gasteiger partial charge in [-0.15, -0.1) is 0 Å². The number of aromatic nitrogens is 1. The number of anilines is 1. The lowest BCUT2D eigenvalue weighted by molar-refractivity contribution is 0.619. The van der Waals surface area contributed by atoms with Gasteiger partial charge in [0, 0.05) is 12.1 Å². The van der Waals surface area contributed by atoms with E-state index in [1.165, 1.54) is 51.1 Å². The number of benzene rings is 3. The lowest BCUT2D eigenvalue weighted by atomic mass is 9.76. The molecule has 3 aromatic carbocycles. The fraction of sp³-hybridized carbons (Fsp3) is 0.174. The van der Waals surface area contributed by atoms with Crippen molar-refractivity contribution in [2.45, 2.75) is 25.2 Å². The number of nitrogens with zero attached hydrogens (tertiary/aromatic N) is 1. The monoisotopic (exact) mass is 324 g/mol. The van der Waals surface area contributed by atoms with Crippen LogP contribution in [0.25, 0.3) is 21.5 Å². The first-order valence-electron chi connectivity index (χ1n) is 8.96. The molecule has 0 fully saturated rings. The Balaban J connectivity index is 1.80. The van der Waals surface area contributed by atoms with E-state index in [-0.39, 0.29) is 0 Å². The minimum Gasteiger partial charge on any atom is -0.384 e. The molecule has 0 spiro atoms. The number of fused-ring (bicyclic) bond motifs is 5. The summed E-state index contributed by atoms with van der Waals surface area (Å²) in [6.45, 7) is 0. The third kappa shape index (κ3) is 2.29. The number of rotatable bonds is 1. The maximum absolute atomic E-state index is 5.79. The minimum absolute atomic E-state index is 0.404. The van der Waals surface area contributed by atoms with Gasteiger partial charge in [0.05, 0.1) is 0 Å². The number of nitrogen functional groups attached to an aromatic ring is 1. The van der Waals surface area contributed by atoms with E-state index in [2.05, 4.69) is 59.6 Å². The van der Waals surface area contributed by atoms with Crippen LogP contribution in [0.4, 0.5) is 5.82 Å². The molecule has 0 bridgehead atoms. The maximum Gasteiger partial charge on any atom is 0.123 e. The summed E-state index contributed by atoms with van der Waals surface area (Å²) in [4.78, 5) is 4.34. The molecule has 0 aliphatic heterocycles. The zero-order valence-corrected chi connectivity index (χ0v) is 14.1. The molecule has 25 heavy (non-hydrogen) atoms. The minimum atomic E-state index is 0.404. The van der Waals surface area contributed by atoms with E-state index in [0.29, 0.717) is 11.7 Å². The fourth-order valence-electron chi connectivity index (χ4n) is 4.38. The Labute approximate surface area is 147 Å². The van der Waals surface area contributed by atoms with Crippen LogP contribution in [0, 0.1) is 0 Å². The Bertz CT molecular complexity index is 1080. The normalized spacial score (nSPS) is 16.9. The van der Waals surface area contributed by atoms with Crippen molar-refractivity contribution in [1.29, 1.82) is 0 Å². The van der Waals surface area contributed by atoms with E-state index in [1.54, 1.807) is 0 Å². The van der Waals surface area contributed by atoms with Crippen LogP contribution in [0.1, 0.15) is 35.4 Å². The molecule has 2 N–H and O–H groups in total. The van der Waals surface area contributed by atoms with Gasteiger partial charge in [0.15, 0.2) is 0 Å². The highest BCUT2D eigenvalue weighted by Crippen LogP contribution is 2.42. The zero-order valence-electron chi connectivity index (χ0n) is 14.1. The predicted molar refractivity (Wildman–Crippen MR) is 105 cm³/mol. The standard InChI is InChI=1S/C23H20N2/c24-22-13-10-17(14-25-22)19-7-3-5-16-9-11-20-18-6-2-1-4-15(18)8-12-21(20)23(16)19/h1-2,4,6,8-14,19H,3,5,7H2,(H2,24,25). The van der Waals surface area contributed by atoms with Crippen LogP contribution in [-0.4, -0.2) is 4.98 Å². The van der Waals surface area contributed by atoms with E-state index < -0.39 is 0 Å². The smallest absolute Gasteiger partial charge is 0.123 e. The Morgan fingerprint density at radius 1 is 0.840 bits per heavy atom. The molecular formula is C23H20N2. The van der Waals surface area contributed by atoms with Crippen molar-refractivity contribution in [3.05, 3.63) is 83.6 Å². The number of aryl methyl sites for hydroxylation is 1. The van der Waals surface area contributed by atoms with E-state index in [4.69, 9.17) is 5.73 Å². The molecule has 5 rings (SSSR count). The van der Waals surface area contributed by atoms with Crippen LogP contribution in [-0.2, 0) is 6.42 Å². The maximum atomic E-state index is 5.79. The van der Waals surface area contributed by atoms with Crippen molar-refractivity contribution in [1.82, 2.24) is 4.98 Å². The first-order valence-corrected chi connectivity index (χ1v) is 8.96. The summed E-state index contributed by atoms with van der Waals surface area (Å²) in [7, 11) is 0. The number of hydrogen-bond acceptors (Lipinski definition) is 2. The van der Waals surface area contributed by atoms with Crippen LogP contribution >= 0.6 is 0 Å². The number of pyridine rings is 1. The summed E-state index contributed by atoms with van der Waals surface area (Å²) in [6.07, 6.45) is 5.51. The second kappa shape index (κ2) is 5.59. The van der Waals surface area contributed by atoms with Crippen molar-refractivity contribution in [3.63, 3.8) is 0 Å². The third-order valence-electron chi connectivity index (χ3n) is 5.56. The van der Waals surface area contributed by atoms with Crippen molar-refractivity contribution in [2.24, 2.45) is 0 Å². The summed E-state index contributed by atoms with van der Waals surface area (Å²) in [5, 5.41) is 5.38. The molecule has 1 aromatic heterocycles. The molecule has 2 nitrogen and oxygen atoms in total. The number of hydrogen-bond donors (Lipinski definition) is 1. The Morgan fingerprint density at radius 2 is 1.72 bits per heavy atom. The van der Waals surface area contributed by atoms with Gasteiger partial charge >= 0.3 is 0 Å². The fourth-order valence-corrected chi connectivity index (χ4v) is 4.38. The summed E-state index contributed by atoms with van der Waals surface area (Å²) in [6, 6.07) is 21.9. The van der Waals surface area contributed by atoms with Gasteiger partial charge in [-0.2, -0.15) is 0 Å². The predicted octanol–water partition coefficient (Wildman–Crippen LogP) is 5.44. The van der Waals surface area contributed by atoms with Gasteiger partial charge in [-0.3, -0.25) is 0 Å². The van der Waals surface area contributed by atoms with Gasteiger partial charge < -0.3 is 5.73 Å². The molecule has 0 saturated carbocycles. The van der Waals surface area contributed by atoms with Crippen LogP contribution in [0.2, 0.25) is 0 Å². The molecule has 0 amide bonds. The summed E-state index contributed by atoms with van der Waals surface area (Å²) >= 11 is 0. The van der Waals surface area contributed by atoms with Crippen molar-refractivity contribution in [2.75, 3.05) is 5.73 Å². The van der Waals surface area contributed by atoms with Crippen molar-refractivity contribution < 1.29 is 0 Å². The molecule has 1 atom stereocenters. The molecule has 1 aliphatic carbocycles. The van der Waals surface area contributed by atoms with Crippen LogP contribution in [0.5, 0.6) is 0 Å². The molecular weight excluding hydrogens is 304 g/mol. The largest absolute Gasteiger partial charge is 0.384 e. The quantitative estimate of drug-likeness (QED) is 0.474.